The maximum absolute atomic E-state index is 12.9. The van der Waals surface area contributed by atoms with Crippen molar-refractivity contribution in [2.75, 3.05) is 29.1 Å². The van der Waals surface area contributed by atoms with Crippen LogP contribution in [0.5, 0.6) is 5.75 Å². The second-order valence-corrected chi connectivity index (χ2v) is 10.1. The van der Waals surface area contributed by atoms with Gasteiger partial charge in [0.2, 0.25) is 11.8 Å². The Labute approximate surface area is 182 Å². The number of carbonyl (C=O) groups excluding carboxylic acids is 2. The van der Waals surface area contributed by atoms with Crippen molar-refractivity contribution >= 4 is 33.0 Å². The molecule has 1 heterocycles. The summed E-state index contributed by atoms with van der Waals surface area (Å²) in [6.07, 6.45) is 1.44. The van der Waals surface area contributed by atoms with Gasteiger partial charge < -0.3 is 15.0 Å². The molecule has 2 aromatic carbocycles. The van der Waals surface area contributed by atoms with Gasteiger partial charge >= 0.3 is 0 Å². The summed E-state index contributed by atoms with van der Waals surface area (Å²) in [7, 11) is -3.55. The Hall–Kier alpha value is -3.13. The summed E-state index contributed by atoms with van der Waals surface area (Å²) >= 11 is 0. The van der Waals surface area contributed by atoms with E-state index in [1.54, 1.807) is 47.4 Å². The molecule has 1 N–H and O–H groups in total. The summed E-state index contributed by atoms with van der Waals surface area (Å²) in [5, 5.41) is 2.71. The largest absolute Gasteiger partial charge is 0.490 e. The number of amides is 2. The zero-order chi connectivity index (χ0) is 22.6. The summed E-state index contributed by atoms with van der Waals surface area (Å²) < 4.78 is 30.6. The van der Waals surface area contributed by atoms with Crippen molar-refractivity contribution < 1.29 is 22.7 Å². The monoisotopic (exact) mass is 442 g/mol. The average Bonchev–Trinajstić information content (AvgIpc) is 2.83. The van der Waals surface area contributed by atoms with Crippen molar-refractivity contribution in [2.24, 2.45) is 5.41 Å². The van der Waals surface area contributed by atoms with Crippen LogP contribution in [0.1, 0.15) is 20.3 Å². The van der Waals surface area contributed by atoms with Gasteiger partial charge in [-0.05, 0) is 44.2 Å². The van der Waals surface area contributed by atoms with Crippen molar-refractivity contribution in [3.05, 3.63) is 61.2 Å². The average molecular weight is 443 g/mol. The van der Waals surface area contributed by atoms with E-state index in [1.165, 1.54) is 12.1 Å². The molecule has 164 valence electrons. The number of sulfone groups is 1. The van der Waals surface area contributed by atoms with Gasteiger partial charge in [0, 0.05) is 18.7 Å². The number of nitrogens with one attached hydrogen (secondary N) is 1. The SMILES string of the molecule is C=CCN1C(=O)C(C)(C)COc2ccc(NC(=O)CCS(=O)(=O)c3ccccc3)cc21. The lowest BCUT2D eigenvalue weighted by atomic mass is 9.93. The molecule has 8 heteroatoms. The fourth-order valence-electron chi connectivity index (χ4n) is 3.23. The van der Waals surface area contributed by atoms with Gasteiger partial charge in [0.05, 0.1) is 21.8 Å². The zero-order valence-corrected chi connectivity index (χ0v) is 18.4. The van der Waals surface area contributed by atoms with Crippen molar-refractivity contribution in [3.63, 3.8) is 0 Å². The number of hydrogen-bond acceptors (Lipinski definition) is 5. The molecular formula is C23H26N2O5S. The van der Waals surface area contributed by atoms with Crippen molar-refractivity contribution in [1.29, 1.82) is 0 Å². The third-order valence-electron chi connectivity index (χ3n) is 4.96. The molecule has 2 amide bonds. The molecule has 0 bridgehead atoms. The lowest BCUT2D eigenvalue weighted by Gasteiger charge is -2.27. The Kier molecular flexibility index (Phi) is 6.50. The number of rotatable bonds is 7. The molecule has 3 rings (SSSR count). The van der Waals surface area contributed by atoms with Gasteiger partial charge in [-0.2, -0.15) is 0 Å². The van der Waals surface area contributed by atoms with E-state index in [4.69, 9.17) is 4.74 Å². The Morgan fingerprint density at radius 3 is 2.61 bits per heavy atom. The highest BCUT2D eigenvalue weighted by atomic mass is 32.2. The highest BCUT2D eigenvalue weighted by molar-refractivity contribution is 7.91. The normalized spacial score (nSPS) is 15.4. The van der Waals surface area contributed by atoms with E-state index >= 15 is 0 Å². The summed E-state index contributed by atoms with van der Waals surface area (Å²) in [5.74, 6) is -0.309. The van der Waals surface area contributed by atoms with Gasteiger partial charge in [-0.25, -0.2) is 8.42 Å². The fraction of sp³-hybridized carbons (Fsp3) is 0.304. The Balaban J connectivity index is 1.75. The third-order valence-corrected chi connectivity index (χ3v) is 6.69. The van der Waals surface area contributed by atoms with E-state index < -0.39 is 21.2 Å². The summed E-state index contributed by atoms with van der Waals surface area (Å²) in [6, 6.07) is 13.0. The van der Waals surface area contributed by atoms with Crippen LogP contribution < -0.4 is 15.0 Å². The smallest absolute Gasteiger partial charge is 0.236 e. The Morgan fingerprint density at radius 2 is 1.94 bits per heavy atom. The predicted octanol–water partition coefficient (Wildman–Crippen LogP) is 3.43. The zero-order valence-electron chi connectivity index (χ0n) is 17.6. The summed E-state index contributed by atoms with van der Waals surface area (Å²) in [5.41, 5.74) is 0.272. The quantitative estimate of drug-likeness (QED) is 0.663. The van der Waals surface area contributed by atoms with E-state index in [9.17, 15) is 18.0 Å². The van der Waals surface area contributed by atoms with Gasteiger partial charge in [0.1, 0.15) is 12.4 Å². The van der Waals surface area contributed by atoms with E-state index in [0.29, 0.717) is 23.7 Å². The summed E-state index contributed by atoms with van der Waals surface area (Å²) in [4.78, 5) is 27.1. The highest BCUT2D eigenvalue weighted by Gasteiger charge is 2.37. The molecule has 31 heavy (non-hydrogen) atoms. The summed E-state index contributed by atoms with van der Waals surface area (Å²) in [6.45, 7) is 7.88. The first-order valence-electron chi connectivity index (χ1n) is 9.91. The number of anilines is 2. The lowest BCUT2D eigenvalue weighted by molar-refractivity contribution is -0.127. The molecule has 7 nitrogen and oxygen atoms in total. The van der Waals surface area contributed by atoms with E-state index in [1.807, 2.05) is 13.8 Å². The molecule has 0 atom stereocenters. The molecule has 0 fully saturated rings. The number of ether oxygens (including phenoxy) is 1. The first-order chi connectivity index (χ1) is 14.6. The molecule has 0 saturated carbocycles. The third kappa shape index (κ3) is 5.14. The molecule has 1 aliphatic heterocycles. The first-order valence-corrected chi connectivity index (χ1v) is 11.6. The maximum Gasteiger partial charge on any atom is 0.236 e. The topological polar surface area (TPSA) is 92.8 Å². The van der Waals surface area contributed by atoms with Crippen LogP contribution in [0.4, 0.5) is 11.4 Å². The minimum atomic E-state index is -3.55. The number of carbonyl (C=O) groups is 2. The first kappa shape index (κ1) is 22.6. The van der Waals surface area contributed by atoms with Crippen LogP contribution in [0, 0.1) is 5.41 Å². The maximum atomic E-state index is 12.9. The number of benzene rings is 2. The lowest BCUT2D eigenvalue weighted by Crippen LogP contribution is -2.42. The Bertz CT molecular complexity index is 1090. The molecule has 0 radical (unpaired) electrons. The molecule has 0 aromatic heterocycles. The number of fused-ring (bicyclic) bond motifs is 1. The molecule has 1 aliphatic rings. The molecule has 0 saturated heterocycles. The van der Waals surface area contributed by atoms with Crippen molar-refractivity contribution in [1.82, 2.24) is 0 Å². The van der Waals surface area contributed by atoms with Crippen LogP contribution in [0.25, 0.3) is 0 Å². The number of nitrogens with zero attached hydrogens (tertiary/aromatic N) is 1. The molecule has 0 unspecified atom stereocenters. The van der Waals surface area contributed by atoms with E-state index in [0.717, 1.165) is 0 Å². The minimum Gasteiger partial charge on any atom is -0.490 e. The molecule has 0 aliphatic carbocycles. The fourth-order valence-corrected chi connectivity index (χ4v) is 4.49. The van der Waals surface area contributed by atoms with Crippen LogP contribution in [0.2, 0.25) is 0 Å². The van der Waals surface area contributed by atoms with E-state index in [-0.39, 0.29) is 29.6 Å². The van der Waals surface area contributed by atoms with Crippen LogP contribution in [-0.4, -0.2) is 39.1 Å². The molecule has 2 aromatic rings. The van der Waals surface area contributed by atoms with Crippen molar-refractivity contribution in [2.45, 2.75) is 25.2 Å². The van der Waals surface area contributed by atoms with E-state index in [2.05, 4.69) is 11.9 Å². The predicted molar refractivity (Wildman–Crippen MR) is 120 cm³/mol. The molecule has 0 spiro atoms. The standard InChI is InChI=1S/C23H26N2O5S/c1-4-13-25-19-15-17(10-11-20(19)30-16-23(2,3)22(25)27)24-21(26)12-14-31(28,29)18-8-6-5-7-9-18/h4-11,15H,1,12-14,16H2,2-3H3,(H,24,26). The highest BCUT2D eigenvalue weighted by Crippen LogP contribution is 2.38. The van der Waals surface area contributed by atoms with Gasteiger partial charge in [-0.3, -0.25) is 9.59 Å². The van der Waals surface area contributed by atoms with Gasteiger partial charge in [0.25, 0.3) is 0 Å². The van der Waals surface area contributed by atoms with Crippen LogP contribution in [0.3, 0.4) is 0 Å². The molecular weight excluding hydrogens is 416 g/mol. The number of hydrogen-bond donors (Lipinski definition) is 1. The van der Waals surface area contributed by atoms with Crippen LogP contribution in [0.15, 0.2) is 66.1 Å². The van der Waals surface area contributed by atoms with Gasteiger partial charge in [-0.1, -0.05) is 24.3 Å². The van der Waals surface area contributed by atoms with Crippen LogP contribution >= 0.6 is 0 Å². The van der Waals surface area contributed by atoms with Gasteiger partial charge in [0.15, 0.2) is 9.84 Å². The minimum absolute atomic E-state index is 0.108. The Morgan fingerprint density at radius 1 is 1.23 bits per heavy atom. The van der Waals surface area contributed by atoms with Gasteiger partial charge in [-0.15, -0.1) is 6.58 Å². The second kappa shape index (κ2) is 8.93. The van der Waals surface area contributed by atoms with Crippen LogP contribution in [-0.2, 0) is 19.4 Å². The van der Waals surface area contributed by atoms with Crippen molar-refractivity contribution in [3.8, 4) is 5.75 Å². The second-order valence-electron chi connectivity index (χ2n) is 7.99.